The molecule has 1 heterocycles. The molecule has 0 amide bonds. The summed E-state index contributed by atoms with van der Waals surface area (Å²) < 4.78 is 32.4. The molecular formula is C14H16ClNO3S2. The lowest BCUT2D eigenvalue weighted by Crippen LogP contribution is -2.29. The summed E-state index contributed by atoms with van der Waals surface area (Å²) in [6.07, 6.45) is -0.319. The van der Waals surface area contributed by atoms with Crippen LogP contribution in [0.5, 0.6) is 0 Å². The number of aryl methyl sites for hydroxylation is 1. The van der Waals surface area contributed by atoms with Gasteiger partial charge in [-0.15, -0.1) is 11.3 Å². The smallest absolute Gasteiger partial charge is 0.242 e. The van der Waals surface area contributed by atoms with Gasteiger partial charge in [0.2, 0.25) is 10.0 Å². The SMILES string of the molecule is COC(CNS(=O)(=O)c1ccccc1Cl)c1ccc(C)s1. The van der Waals surface area contributed by atoms with Gasteiger partial charge in [-0.05, 0) is 31.2 Å². The largest absolute Gasteiger partial charge is 0.375 e. The molecule has 21 heavy (non-hydrogen) atoms. The second-order valence-electron chi connectivity index (χ2n) is 4.46. The summed E-state index contributed by atoms with van der Waals surface area (Å²) in [7, 11) is -2.10. The van der Waals surface area contributed by atoms with Crippen molar-refractivity contribution in [3.63, 3.8) is 0 Å². The second-order valence-corrected chi connectivity index (χ2v) is 7.92. The first kappa shape index (κ1) is 16.5. The maximum absolute atomic E-state index is 12.3. The Balaban J connectivity index is 2.12. The molecule has 0 saturated carbocycles. The Morgan fingerprint density at radius 1 is 1.29 bits per heavy atom. The van der Waals surface area contributed by atoms with Gasteiger partial charge >= 0.3 is 0 Å². The van der Waals surface area contributed by atoms with Crippen molar-refractivity contribution in [2.45, 2.75) is 17.9 Å². The van der Waals surface area contributed by atoms with Crippen LogP contribution in [0.3, 0.4) is 0 Å². The van der Waals surface area contributed by atoms with Gasteiger partial charge in [0, 0.05) is 23.4 Å². The maximum atomic E-state index is 12.3. The van der Waals surface area contributed by atoms with Crippen molar-refractivity contribution in [3.05, 3.63) is 51.2 Å². The molecular weight excluding hydrogens is 330 g/mol. The van der Waals surface area contributed by atoms with Gasteiger partial charge in [-0.3, -0.25) is 0 Å². The Morgan fingerprint density at radius 3 is 2.57 bits per heavy atom. The van der Waals surface area contributed by atoms with Crippen LogP contribution < -0.4 is 4.72 Å². The third-order valence-electron chi connectivity index (χ3n) is 2.95. The number of nitrogens with one attached hydrogen (secondary N) is 1. The first-order valence-corrected chi connectivity index (χ1v) is 8.95. The highest BCUT2D eigenvalue weighted by molar-refractivity contribution is 7.89. The van der Waals surface area contributed by atoms with Crippen LogP contribution in [0.4, 0.5) is 0 Å². The van der Waals surface area contributed by atoms with E-state index in [1.807, 2.05) is 19.1 Å². The number of hydrogen-bond donors (Lipinski definition) is 1. The normalized spacial score (nSPS) is 13.3. The Labute approximate surface area is 133 Å². The minimum Gasteiger partial charge on any atom is -0.375 e. The molecule has 0 radical (unpaired) electrons. The van der Waals surface area contributed by atoms with E-state index in [-0.39, 0.29) is 22.6 Å². The van der Waals surface area contributed by atoms with Crippen molar-refractivity contribution in [3.8, 4) is 0 Å². The molecule has 0 aliphatic rings. The Morgan fingerprint density at radius 2 is 2.00 bits per heavy atom. The van der Waals surface area contributed by atoms with Gasteiger partial charge in [0.25, 0.3) is 0 Å². The molecule has 0 saturated heterocycles. The lowest BCUT2D eigenvalue weighted by molar-refractivity contribution is 0.110. The van der Waals surface area contributed by atoms with Gasteiger partial charge in [0.1, 0.15) is 11.0 Å². The fraction of sp³-hybridized carbons (Fsp3) is 0.286. The first-order chi connectivity index (χ1) is 9.94. The molecule has 2 rings (SSSR count). The van der Waals surface area contributed by atoms with Crippen LogP contribution in [-0.4, -0.2) is 22.1 Å². The molecule has 0 aliphatic heterocycles. The molecule has 0 fully saturated rings. The highest BCUT2D eigenvalue weighted by Crippen LogP contribution is 2.26. The molecule has 1 atom stereocenters. The van der Waals surface area contributed by atoms with Crippen molar-refractivity contribution in [2.75, 3.05) is 13.7 Å². The Kier molecular flexibility index (Phi) is 5.40. The highest BCUT2D eigenvalue weighted by Gasteiger charge is 2.20. The van der Waals surface area contributed by atoms with E-state index in [0.717, 1.165) is 9.75 Å². The van der Waals surface area contributed by atoms with Crippen LogP contribution >= 0.6 is 22.9 Å². The van der Waals surface area contributed by atoms with Crippen LogP contribution in [0, 0.1) is 6.92 Å². The topological polar surface area (TPSA) is 55.4 Å². The monoisotopic (exact) mass is 345 g/mol. The molecule has 0 aliphatic carbocycles. The number of ether oxygens (including phenoxy) is 1. The number of halogens is 1. The van der Waals surface area contributed by atoms with Crippen LogP contribution in [0.25, 0.3) is 0 Å². The van der Waals surface area contributed by atoms with Crippen molar-refractivity contribution in [1.82, 2.24) is 4.72 Å². The second kappa shape index (κ2) is 6.89. The standard InChI is InChI=1S/C14H16ClNO3S2/c1-10-7-8-13(20-10)12(19-2)9-16-21(17,18)14-6-4-3-5-11(14)15/h3-8,12,16H,9H2,1-2H3. The van der Waals surface area contributed by atoms with Gasteiger partial charge in [0.15, 0.2) is 0 Å². The molecule has 1 N–H and O–H groups in total. The lowest BCUT2D eigenvalue weighted by Gasteiger charge is -2.15. The molecule has 0 spiro atoms. The van der Waals surface area contributed by atoms with Crippen molar-refractivity contribution < 1.29 is 13.2 Å². The third-order valence-corrected chi connectivity index (χ3v) is 5.96. The molecule has 4 nitrogen and oxygen atoms in total. The number of thiophene rings is 1. The summed E-state index contributed by atoms with van der Waals surface area (Å²) in [5.74, 6) is 0. The number of sulfonamides is 1. The predicted octanol–water partition coefficient (Wildman–Crippen LogP) is 3.38. The molecule has 7 heteroatoms. The van der Waals surface area contributed by atoms with E-state index in [9.17, 15) is 8.42 Å². The molecule has 0 bridgehead atoms. The Hall–Kier alpha value is -0.920. The fourth-order valence-corrected chi connectivity index (χ4v) is 4.36. The highest BCUT2D eigenvalue weighted by atomic mass is 35.5. The van der Waals surface area contributed by atoms with E-state index < -0.39 is 10.0 Å². The number of methoxy groups -OCH3 is 1. The zero-order valence-electron chi connectivity index (χ0n) is 11.7. The first-order valence-electron chi connectivity index (χ1n) is 6.27. The van der Waals surface area contributed by atoms with E-state index in [0.29, 0.717) is 0 Å². The minimum absolute atomic E-state index is 0.0730. The molecule has 1 aromatic carbocycles. The van der Waals surface area contributed by atoms with Crippen molar-refractivity contribution in [1.29, 1.82) is 0 Å². The van der Waals surface area contributed by atoms with E-state index in [2.05, 4.69) is 4.72 Å². The Bertz CT molecular complexity index is 713. The summed E-state index contributed by atoms with van der Waals surface area (Å²) in [5.41, 5.74) is 0. The van der Waals surface area contributed by atoms with Crippen molar-refractivity contribution in [2.24, 2.45) is 0 Å². The van der Waals surface area contributed by atoms with E-state index in [1.165, 1.54) is 6.07 Å². The van der Waals surface area contributed by atoms with Gasteiger partial charge < -0.3 is 4.74 Å². The third kappa shape index (κ3) is 4.05. The van der Waals surface area contributed by atoms with Crippen LogP contribution in [0.15, 0.2) is 41.3 Å². The number of rotatable bonds is 6. The van der Waals surface area contributed by atoms with Gasteiger partial charge in [0.05, 0.1) is 5.02 Å². The average Bonchev–Trinajstić information content (AvgIpc) is 2.86. The molecule has 2 aromatic rings. The van der Waals surface area contributed by atoms with E-state index >= 15 is 0 Å². The number of benzene rings is 1. The van der Waals surface area contributed by atoms with Crippen LogP contribution in [0.2, 0.25) is 5.02 Å². The molecule has 114 valence electrons. The summed E-state index contributed by atoms with van der Waals surface area (Å²) >= 11 is 7.51. The summed E-state index contributed by atoms with van der Waals surface area (Å²) in [6, 6.07) is 10.3. The summed E-state index contributed by atoms with van der Waals surface area (Å²) in [5, 5.41) is 0.200. The average molecular weight is 346 g/mol. The predicted molar refractivity (Wildman–Crippen MR) is 85.4 cm³/mol. The molecule has 1 aromatic heterocycles. The van der Waals surface area contributed by atoms with Crippen molar-refractivity contribution >= 4 is 33.0 Å². The lowest BCUT2D eigenvalue weighted by atomic mass is 10.3. The summed E-state index contributed by atoms with van der Waals surface area (Å²) in [6.45, 7) is 2.15. The zero-order valence-corrected chi connectivity index (χ0v) is 14.1. The van der Waals surface area contributed by atoms with E-state index in [4.69, 9.17) is 16.3 Å². The fourth-order valence-electron chi connectivity index (χ4n) is 1.85. The minimum atomic E-state index is -3.65. The van der Waals surface area contributed by atoms with Gasteiger partial charge in [-0.25, -0.2) is 13.1 Å². The van der Waals surface area contributed by atoms with Gasteiger partial charge in [-0.1, -0.05) is 23.7 Å². The quantitative estimate of drug-likeness (QED) is 0.873. The van der Waals surface area contributed by atoms with Crippen LogP contribution in [0.1, 0.15) is 15.9 Å². The zero-order chi connectivity index (χ0) is 15.5. The maximum Gasteiger partial charge on any atom is 0.242 e. The van der Waals surface area contributed by atoms with Crippen LogP contribution in [-0.2, 0) is 14.8 Å². The van der Waals surface area contributed by atoms with E-state index in [1.54, 1.807) is 36.6 Å². The van der Waals surface area contributed by atoms with Gasteiger partial charge in [-0.2, -0.15) is 0 Å². The number of hydrogen-bond acceptors (Lipinski definition) is 4. The molecule has 1 unspecified atom stereocenters. The summed E-state index contributed by atoms with van der Waals surface area (Å²) in [4.78, 5) is 2.21.